The molecular formula is C27H38O10. The van der Waals surface area contributed by atoms with Crippen LogP contribution in [0.15, 0.2) is 30.3 Å². The van der Waals surface area contributed by atoms with Gasteiger partial charge in [-0.1, -0.05) is 30.3 Å². The molecule has 0 spiro atoms. The average molecular weight is 523 g/mol. The normalized spacial score (nSPS) is 17.6. The SMILES string of the molecule is CCOC(=O)C1(C(=O)OCC)CC(O)C1.CCOC(=O)C1(C(=O)OCC)CC(OCc2ccccc2)C1. The number of aliphatic hydroxyl groups is 1. The summed E-state index contributed by atoms with van der Waals surface area (Å²) >= 11 is 0. The predicted octanol–water partition coefficient (Wildman–Crippen LogP) is 2.73. The molecule has 1 aromatic carbocycles. The summed E-state index contributed by atoms with van der Waals surface area (Å²) in [5.41, 5.74) is -1.38. The van der Waals surface area contributed by atoms with Gasteiger partial charge in [0.25, 0.3) is 0 Å². The molecule has 0 unspecified atom stereocenters. The molecule has 0 amide bonds. The van der Waals surface area contributed by atoms with Crippen LogP contribution >= 0.6 is 0 Å². The van der Waals surface area contributed by atoms with Crippen LogP contribution in [0.4, 0.5) is 0 Å². The highest BCUT2D eigenvalue weighted by atomic mass is 16.6. The first kappa shape index (κ1) is 30.2. The molecule has 10 nitrogen and oxygen atoms in total. The van der Waals surface area contributed by atoms with Gasteiger partial charge in [-0.15, -0.1) is 0 Å². The van der Waals surface area contributed by atoms with E-state index in [9.17, 15) is 24.3 Å². The van der Waals surface area contributed by atoms with Crippen LogP contribution < -0.4 is 0 Å². The minimum atomic E-state index is -1.26. The van der Waals surface area contributed by atoms with Crippen molar-refractivity contribution >= 4 is 23.9 Å². The van der Waals surface area contributed by atoms with Crippen molar-refractivity contribution < 1.29 is 48.0 Å². The standard InChI is InChI=1S/C17H22O5.C10H16O5/c1-3-20-15(18)17(16(19)21-4-2)10-14(11-17)22-12-13-8-6-5-7-9-13;1-3-14-8(12)10(5-7(11)6-10)9(13)15-4-2/h5-9,14H,3-4,10-12H2,1-2H3;7,11H,3-6H2,1-2H3. The van der Waals surface area contributed by atoms with Gasteiger partial charge in [-0.3, -0.25) is 19.2 Å². The number of carbonyl (C=O) groups excluding carboxylic acids is 4. The molecule has 2 aliphatic rings. The third-order valence-corrected chi connectivity index (χ3v) is 6.31. The molecular weight excluding hydrogens is 484 g/mol. The summed E-state index contributed by atoms with van der Waals surface area (Å²) in [5, 5.41) is 9.20. The summed E-state index contributed by atoms with van der Waals surface area (Å²) < 4.78 is 25.5. The minimum Gasteiger partial charge on any atom is -0.465 e. The van der Waals surface area contributed by atoms with Crippen molar-refractivity contribution in [2.24, 2.45) is 10.8 Å². The number of benzene rings is 1. The lowest BCUT2D eigenvalue weighted by molar-refractivity contribution is -0.192. The van der Waals surface area contributed by atoms with Crippen LogP contribution in [0.1, 0.15) is 58.9 Å². The highest BCUT2D eigenvalue weighted by molar-refractivity contribution is 6.02. The molecule has 2 aliphatic carbocycles. The van der Waals surface area contributed by atoms with Crippen molar-refractivity contribution in [2.45, 2.75) is 72.2 Å². The molecule has 0 radical (unpaired) electrons. The maximum Gasteiger partial charge on any atom is 0.323 e. The van der Waals surface area contributed by atoms with Gasteiger partial charge in [-0.2, -0.15) is 0 Å². The van der Waals surface area contributed by atoms with E-state index >= 15 is 0 Å². The summed E-state index contributed by atoms with van der Waals surface area (Å²) in [6.45, 7) is 8.18. The van der Waals surface area contributed by atoms with Gasteiger partial charge in [0.2, 0.25) is 0 Å². The molecule has 2 saturated carbocycles. The number of hydrogen-bond acceptors (Lipinski definition) is 10. The molecule has 0 atom stereocenters. The fraction of sp³-hybridized carbons (Fsp3) is 0.630. The Labute approximate surface area is 217 Å². The second kappa shape index (κ2) is 14.1. The molecule has 37 heavy (non-hydrogen) atoms. The first-order valence-corrected chi connectivity index (χ1v) is 12.7. The van der Waals surface area contributed by atoms with Gasteiger partial charge in [0.1, 0.15) is 0 Å². The second-order valence-electron chi connectivity index (χ2n) is 8.94. The summed E-state index contributed by atoms with van der Waals surface area (Å²) in [4.78, 5) is 47.4. The summed E-state index contributed by atoms with van der Waals surface area (Å²) in [6.07, 6.45) is 0.0949. The lowest BCUT2D eigenvalue weighted by Gasteiger charge is -2.42. The first-order valence-electron chi connectivity index (χ1n) is 12.7. The van der Waals surface area contributed by atoms with Crippen molar-refractivity contribution in [3.8, 4) is 0 Å². The van der Waals surface area contributed by atoms with Crippen LogP contribution in [0, 0.1) is 10.8 Å². The number of carbonyl (C=O) groups is 4. The smallest absolute Gasteiger partial charge is 0.323 e. The Balaban J connectivity index is 0.000000281. The molecule has 0 saturated heterocycles. The molecule has 10 heteroatoms. The van der Waals surface area contributed by atoms with Crippen LogP contribution in [0.5, 0.6) is 0 Å². The molecule has 0 heterocycles. The van der Waals surface area contributed by atoms with E-state index in [1.165, 1.54) is 0 Å². The average Bonchev–Trinajstić information content (AvgIpc) is 2.82. The van der Waals surface area contributed by atoms with Gasteiger partial charge in [0.05, 0.1) is 45.2 Å². The molecule has 0 bridgehead atoms. The zero-order valence-electron chi connectivity index (χ0n) is 22.0. The quantitative estimate of drug-likeness (QED) is 0.263. The summed E-state index contributed by atoms with van der Waals surface area (Å²) in [6, 6.07) is 9.78. The Morgan fingerprint density at radius 1 is 0.703 bits per heavy atom. The predicted molar refractivity (Wildman–Crippen MR) is 131 cm³/mol. The second-order valence-corrected chi connectivity index (χ2v) is 8.94. The van der Waals surface area contributed by atoms with Gasteiger partial charge >= 0.3 is 23.9 Å². The zero-order valence-corrected chi connectivity index (χ0v) is 22.0. The van der Waals surface area contributed by atoms with Crippen LogP contribution in [0.2, 0.25) is 0 Å². The largest absolute Gasteiger partial charge is 0.465 e. The third kappa shape index (κ3) is 7.29. The zero-order chi connectivity index (χ0) is 27.5. The highest BCUT2D eigenvalue weighted by Gasteiger charge is 2.59. The number of ether oxygens (including phenoxy) is 5. The van der Waals surface area contributed by atoms with Gasteiger partial charge < -0.3 is 28.8 Å². The molecule has 1 N–H and O–H groups in total. The molecule has 0 aromatic heterocycles. The number of esters is 4. The van der Waals surface area contributed by atoms with Crippen LogP contribution in [0.25, 0.3) is 0 Å². The van der Waals surface area contributed by atoms with Crippen molar-refractivity contribution in [3.63, 3.8) is 0 Å². The van der Waals surface area contributed by atoms with Crippen LogP contribution in [-0.2, 0) is 49.5 Å². The Kier molecular flexibility index (Phi) is 11.5. The van der Waals surface area contributed by atoms with Crippen molar-refractivity contribution in [2.75, 3.05) is 26.4 Å². The number of hydrogen-bond donors (Lipinski definition) is 1. The molecule has 206 valence electrons. The Morgan fingerprint density at radius 2 is 1.08 bits per heavy atom. The lowest BCUT2D eigenvalue weighted by atomic mass is 9.66. The lowest BCUT2D eigenvalue weighted by Crippen LogP contribution is -2.54. The fourth-order valence-electron chi connectivity index (χ4n) is 4.28. The third-order valence-electron chi connectivity index (χ3n) is 6.31. The van der Waals surface area contributed by atoms with Crippen molar-refractivity contribution in [1.29, 1.82) is 0 Å². The van der Waals surface area contributed by atoms with E-state index in [2.05, 4.69) is 0 Å². The fourth-order valence-corrected chi connectivity index (χ4v) is 4.28. The molecule has 1 aromatic rings. The Hall–Kier alpha value is -2.98. The molecule has 3 rings (SSSR count). The Bertz CT molecular complexity index is 861. The van der Waals surface area contributed by atoms with E-state index in [1.54, 1.807) is 27.7 Å². The monoisotopic (exact) mass is 522 g/mol. The van der Waals surface area contributed by atoms with Gasteiger partial charge in [-0.05, 0) is 33.3 Å². The van der Waals surface area contributed by atoms with Crippen molar-refractivity contribution in [3.05, 3.63) is 35.9 Å². The molecule has 0 aliphatic heterocycles. The van der Waals surface area contributed by atoms with Crippen LogP contribution in [0.3, 0.4) is 0 Å². The van der Waals surface area contributed by atoms with Crippen molar-refractivity contribution in [1.82, 2.24) is 0 Å². The van der Waals surface area contributed by atoms with Gasteiger partial charge in [0, 0.05) is 25.7 Å². The van der Waals surface area contributed by atoms with E-state index in [0.29, 0.717) is 19.4 Å². The van der Waals surface area contributed by atoms with E-state index in [-0.39, 0.29) is 45.4 Å². The van der Waals surface area contributed by atoms with E-state index in [1.807, 2.05) is 30.3 Å². The highest BCUT2D eigenvalue weighted by Crippen LogP contribution is 2.45. The van der Waals surface area contributed by atoms with E-state index in [4.69, 9.17) is 23.7 Å². The maximum atomic E-state index is 12.1. The minimum absolute atomic E-state index is 0.102. The first-order chi connectivity index (χ1) is 17.7. The number of aliphatic hydroxyl groups excluding tert-OH is 1. The van der Waals surface area contributed by atoms with Crippen LogP contribution in [-0.4, -0.2) is 67.6 Å². The topological polar surface area (TPSA) is 135 Å². The molecule has 2 fully saturated rings. The van der Waals surface area contributed by atoms with Gasteiger partial charge in [-0.25, -0.2) is 0 Å². The summed E-state index contributed by atoms with van der Waals surface area (Å²) in [5.74, 6) is -2.19. The maximum absolute atomic E-state index is 12.1. The van der Waals surface area contributed by atoms with E-state index in [0.717, 1.165) is 5.56 Å². The van der Waals surface area contributed by atoms with E-state index < -0.39 is 40.8 Å². The Morgan fingerprint density at radius 3 is 1.43 bits per heavy atom. The van der Waals surface area contributed by atoms with Gasteiger partial charge in [0.15, 0.2) is 10.8 Å². The number of rotatable bonds is 11. The summed E-state index contributed by atoms with van der Waals surface area (Å²) in [7, 11) is 0.